The largest absolute Gasteiger partial charge is 0.478 e. The SMILES string of the molecule is Nc1ccc(C(=O)O)cc1SC1COC1. The highest BCUT2D eigenvalue weighted by Crippen LogP contribution is 2.32. The fourth-order valence-electron chi connectivity index (χ4n) is 1.23. The molecule has 0 spiro atoms. The summed E-state index contributed by atoms with van der Waals surface area (Å²) >= 11 is 1.58. The van der Waals surface area contributed by atoms with Gasteiger partial charge in [-0.1, -0.05) is 0 Å². The van der Waals surface area contributed by atoms with Crippen molar-refractivity contribution in [3.05, 3.63) is 23.8 Å². The highest BCUT2D eigenvalue weighted by Gasteiger charge is 2.21. The molecule has 0 aliphatic carbocycles. The molecular formula is C10H11NO3S. The molecule has 4 nitrogen and oxygen atoms in total. The number of hydrogen-bond donors (Lipinski definition) is 2. The predicted octanol–water partition coefficient (Wildman–Crippen LogP) is 1.46. The Morgan fingerprint density at radius 3 is 2.80 bits per heavy atom. The van der Waals surface area contributed by atoms with Gasteiger partial charge in [0.05, 0.1) is 24.0 Å². The molecule has 0 saturated carbocycles. The zero-order valence-electron chi connectivity index (χ0n) is 7.97. The molecule has 1 aromatic carbocycles. The van der Waals surface area contributed by atoms with E-state index in [-0.39, 0.29) is 5.56 Å². The third kappa shape index (κ3) is 2.24. The summed E-state index contributed by atoms with van der Waals surface area (Å²) in [6.07, 6.45) is 0. The van der Waals surface area contributed by atoms with Crippen LogP contribution in [0.3, 0.4) is 0 Å². The second-order valence-electron chi connectivity index (χ2n) is 3.34. The molecule has 0 unspecified atom stereocenters. The summed E-state index contributed by atoms with van der Waals surface area (Å²) in [5.41, 5.74) is 6.65. The van der Waals surface area contributed by atoms with Gasteiger partial charge in [-0.15, -0.1) is 11.8 Å². The van der Waals surface area contributed by atoms with Gasteiger partial charge in [0.25, 0.3) is 0 Å². The minimum Gasteiger partial charge on any atom is -0.478 e. The first-order chi connectivity index (χ1) is 7.16. The van der Waals surface area contributed by atoms with E-state index in [9.17, 15) is 4.79 Å². The van der Waals surface area contributed by atoms with Gasteiger partial charge < -0.3 is 15.6 Å². The highest BCUT2D eigenvalue weighted by molar-refractivity contribution is 8.00. The summed E-state index contributed by atoms with van der Waals surface area (Å²) in [6.45, 7) is 1.42. The number of carboxylic acid groups (broad SMARTS) is 1. The first-order valence-corrected chi connectivity index (χ1v) is 5.42. The van der Waals surface area contributed by atoms with Gasteiger partial charge in [-0.25, -0.2) is 4.79 Å². The highest BCUT2D eigenvalue weighted by atomic mass is 32.2. The van der Waals surface area contributed by atoms with Gasteiger partial charge in [-0.3, -0.25) is 0 Å². The van der Waals surface area contributed by atoms with Crippen LogP contribution in [-0.4, -0.2) is 29.5 Å². The molecule has 0 aromatic heterocycles. The molecule has 1 aromatic rings. The minimum absolute atomic E-state index is 0.270. The standard InChI is InChI=1S/C10H11NO3S/c11-8-2-1-6(10(12)13)3-9(8)15-7-4-14-5-7/h1-3,7H,4-5,11H2,(H,12,13). The van der Waals surface area contributed by atoms with E-state index in [1.54, 1.807) is 23.9 Å². The van der Waals surface area contributed by atoms with E-state index in [0.29, 0.717) is 24.2 Å². The third-order valence-corrected chi connectivity index (χ3v) is 3.37. The number of aromatic carboxylic acids is 1. The zero-order valence-corrected chi connectivity index (χ0v) is 8.79. The van der Waals surface area contributed by atoms with Crippen molar-refractivity contribution in [2.45, 2.75) is 10.1 Å². The van der Waals surface area contributed by atoms with Crippen molar-refractivity contribution in [1.82, 2.24) is 0 Å². The molecule has 80 valence electrons. The van der Waals surface area contributed by atoms with Crippen LogP contribution in [0.5, 0.6) is 0 Å². The van der Waals surface area contributed by atoms with Crippen LogP contribution in [0.25, 0.3) is 0 Å². The van der Waals surface area contributed by atoms with E-state index < -0.39 is 5.97 Å². The fraction of sp³-hybridized carbons (Fsp3) is 0.300. The van der Waals surface area contributed by atoms with Crippen molar-refractivity contribution in [1.29, 1.82) is 0 Å². The lowest BCUT2D eigenvalue weighted by atomic mass is 10.2. The quantitative estimate of drug-likeness (QED) is 0.762. The number of rotatable bonds is 3. The first kappa shape index (κ1) is 10.3. The first-order valence-electron chi connectivity index (χ1n) is 4.54. The Hall–Kier alpha value is -1.20. The maximum Gasteiger partial charge on any atom is 0.335 e. The number of benzene rings is 1. The lowest BCUT2D eigenvalue weighted by molar-refractivity contribution is 0.0455. The van der Waals surface area contributed by atoms with Crippen LogP contribution in [0.1, 0.15) is 10.4 Å². The lowest BCUT2D eigenvalue weighted by Gasteiger charge is -2.25. The van der Waals surface area contributed by atoms with Gasteiger partial charge >= 0.3 is 5.97 Å². The summed E-state index contributed by atoms with van der Waals surface area (Å²) in [4.78, 5) is 11.6. The van der Waals surface area contributed by atoms with Crippen LogP contribution in [0.2, 0.25) is 0 Å². The smallest absolute Gasteiger partial charge is 0.335 e. The summed E-state index contributed by atoms with van der Waals surface area (Å²) in [6, 6.07) is 4.75. The van der Waals surface area contributed by atoms with Crippen molar-refractivity contribution in [2.24, 2.45) is 0 Å². The molecule has 1 fully saturated rings. The van der Waals surface area contributed by atoms with Crippen LogP contribution in [0.4, 0.5) is 5.69 Å². The number of hydrogen-bond acceptors (Lipinski definition) is 4. The molecule has 0 radical (unpaired) electrons. The van der Waals surface area contributed by atoms with E-state index in [4.69, 9.17) is 15.6 Å². The van der Waals surface area contributed by atoms with Crippen molar-refractivity contribution < 1.29 is 14.6 Å². The van der Waals surface area contributed by atoms with Gasteiger partial charge in [-0.05, 0) is 18.2 Å². The second kappa shape index (κ2) is 4.12. The molecule has 1 aliphatic heterocycles. The molecule has 1 heterocycles. The molecule has 0 amide bonds. The molecule has 2 rings (SSSR count). The Bertz CT molecular complexity index is 390. The average molecular weight is 225 g/mol. The molecule has 0 bridgehead atoms. The molecule has 1 aliphatic rings. The van der Waals surface area contributed by atoms with Crippen LogP contribution in [-0.2, 0) is 4.74 Å². The van der Waals surface area contributed by atoms with Gasteiger partial charge in [0.15, 0.2) is 0 Å². The topological polar surface area (TPSA) is 72.6 Å². The maximum atomic E-state index is 10.8. The van der Waals surface area contributed by atoms with Gasteiger partial charge in [0, 0.05) is 10.6 Å². The van der Waals surface area contributed by atoms with Gasteiger partial charge in [-0.2, -0.15) is 0 Å². The van der Waals surface area contributed by atoms with E-state index in [1.807, 2.05) is 0 Å². The van der Waals surface area contributed by atoms with Gasteiger partial charge in [0.1, 0.15) is 0 Å². The number of carboxylic acids is 1. The Labute approximate surface area is 91.4 Å². The third-order valence-electron chi connectivity index (χ3n) is 2.16. The van der Waals surface area contributed by atoms with Crippen molar-refractivity contribution in [2.75, 3.05) is 18.9 Å². The van der Waals surface area contributed by atoms with Crippen LogP contribution >= 0.6 is 11.8 Å². The number of nitrogen functional groups attached to an aromatic ring is 1. The van der Waals surface area contributed by atoms with Crippen LogP contribution in [0, 0.1) is 0 Å². The number of ether oxygens (including phenoxy) is 1. The number of nitrogens with two attached hydrogens (primary N) is 1. The average Bonchev–Trinajstić information content (AvgIpc) is 2.13. The molecule has 0 atom stereocenters. The maximum absolute atomic E-state index is 10.8. The Balaban J connectivity index is 2.19. The van der Waals surface area contributed by atoms with E-state index in [1.165, 1.54) is 6.07 Å². The fourth-order valence-corrected chi connectivity index (χ4v) is 2.32. The zero-order chi connectivity index (χ0) is 10.8. The lowest BCUT2D eigenvalue weighted by Crippen LogP contribution is -2.30. The Morgan fingerprint density at radius 1 is 1.53 bits per heavy atom. The molecule has 5 heteroatoms. The summed E-state index contributed by atoms with van der Waals surface area (Å²) in [5, 5.41) is 9.23. The van der Waals surface area contributed by atoms with Crippen LogP contribution in [0.15, 0.2) is 23.1 Å². The minimum atomic E-state index is -0.929. The number of thioether (sulfide) groups is 1. The molecule has 3 N–H and O–H groups in total. The Kier molecular flexibility index (Phi) is 2.83. The van der Waals surface area contributed by atoms with Crippen LogP contribution < -0.4 is 5.73 Å². The predicted molar refractivity (Wildman–Crippen MR) is 58.3 cm³/mol. The normalized spacial score (nSPS) is 16.0. The van der Waals surface area contributed by atoms with Crippen molar-refractivity contribution >= 4 is 23.4 Å². The van der Waals surface area contributed by atoms with E-state index in [2.05, 4.69) is 0 Å². The van der Waals surface area contributed by atoms with E-state index >= 15 is 0 Å². The van der Waals surface area contributed by atoms with E-state index in [0.717, 1.165) is 4.90 Å². The molecule has 15 heavy (non-hydrogen) atoms. The Morgan fingerprint density at radius 2 is 2.27 bits per heavy atom. The monoisotopic (exact) mass is 225 g/mol. The molecular weight excluding hydrogens is 214 g/mol. The summed E-state index contributed by atoms with van der Waals surface area (Å²) in [7, 11) is 0. The summed E-state index contributed by atoms with van der Waals surface area (Å²) < 4.78 is 5.05. The van der Waals surface area contributed by atoms with Crippen molar-refractivity contribution in [3.8, 4) is 0 Å². The number of carbonyl (C=O) groups is 1. The summed E-state index contributed by atoms with van der Waals surface area (Å²) in [5.74, 6) is -0.929. The number of anilines is 1. The molecule has 1 saturated heterocycles. The van der Waals surface area contributed by atoms with Gasteiger partial charge in [0.2, 0.25) is 0 Å². The second-order valence-corrected chi connectivity index (χ2v) is 4.68. The van der Waals surface area contributed by atoms with Crippen molar-refractivity contribution in [3.63, 3.8) is 0 Å².